The Morgan fingerprint density at radius 3 is 2.57 bits per heavy atom. The number of aliphatic hydroxyl groups is 1. The Kier molecular flexibility index (Phi) is 3.52. The third-order valence-electron chi connectivity index (χ3n) is 1.35. The Balaban J connectivity index is 2.87. The molecule has 5 nitrogen and oxygen atoms in total. The first kappa shape index (κ1) is 11.5. The maximum absolute atomic E-state index is 9.04. The summed E-state index contributed by atoms with van der Waals surface area (Å²) in [6.45, 7) is 3.75. The van der Waals surface area contributed by atoms with E-state index in [9.17, 15) is 0 Å². The van der Waals surface area contributed by atoms with E-state index in [4.69, 9.17) is 22.4 Å². The number of halogens is 1. The fourth-order valence-electron chi connectivity index (χ4n) is 0.671. The van der Waals surface area contributed by atoms with Gasteiger partial charge in [-0.25, -0.2) is 0 Å². The van der Waals surface area contributed by atoms with E-state index in [2.05, 4.69) is 15.0 Å². The smallest absolute Gasteiger partial charge is 0.228 e. The number of hydrogen-bond acceptors (Lipinski definition) is 6. The van der Waals surface area contributed by atoms with Crippen LogP contribution >= 0.6 is 23.4 Å². The van der Waals surface area contributed by atoms with Crippen LogP contribution in [0.2, 0.25) is 5.28 Å². The molecule has 0 saturated heterocycles. The minimum atomic E-state index is -0.364. The van der Waals surface area contributed by atoms with Gasteiger partial charge in [-0.15, -0.1) is 0 Å². The van der Waals surface area contributed by atoms with Crippen LogP contribution in [0.4, 0.5) is 5.95 Å². The minimum absolute atomic E-state index is 0.0148. The molecule has 1 aromatic heterocycles. The molecular formula is C7H11ClN4OS. The van der Waals surface area contributed by atoms with Crippen molar-refractivity contribution in [3.8, 4) is 0 Å². The number of aromatic nitrogens is 3. The van der Waals surface area contributed by atoms with Crippen LogP contribution in [0, 0.1) is 0 Å². The quantitative estimate of drug-likeness (QED) is 0.759. The first-order valence-electron chi connectivity index (χ1n) is 3.90. The molecule has 14 heavy (non-hydrogen) atoms. The highest BCUT2D eigenvalue weighted by atomic mass is 35.5. The molecule has 0 radical (unpaired) electrons. The van der Waals surface area contributed by atoms with Gasteiger partial charge in [0.25, 0.3) is 0 Å². The van der Waals surface area contributed by atoms with Crippen molar-refractivity contribution in [2.24, 2.45) is 0 Å². The van der Waals surface area contributed by atoms with Gasteiger partial charge in [0.05, 0.1) is 6.61 Å². The number of hydrogen-bond donors (Lipinski definition) is 2. The predicted octanol–water partition coefficient (Wildman–Crippen LogP) is 0.970. The van der Waals surface area contributed by atoms with Crippen molar-refractivity contribution >= 4 is 29.3 Å². The van der Waals surface area contributed by atoms with Crippen molar-refractivity contribution < 1.29 is 5.11 Å². The van der Waals surface area contributed by atoms with Crippen molar-refractivity contribution in [3.05, 3.63) is 5.28 Å². The van der Waals surface area contributed by atoms with E-state index in [1.165, 1.54) is 11.8 Å². The average Bonchev–Trinajstić information content (AvgIpc) is 2.01. The van der Waals surface area contributed by atoms with E-state index in [1.54, 1.807) is 0 Å². The topological polar surface area (TPSA) is 84.9 Å². The fourth-order valence-corrected chi connectivity index (χ4v) is 1.72. The Morgan fingerprint density at radius 1 is 1.43 bits per heavy atom. The number of aliphatic hydroxyl groups excluding tert-OH is 1. The molecule has 0 aliphatic carbocycles. The molecule has 0 aliphatic heterocycles. The Hall–Kier alpha value is -0.590. The third kappa shape index (κ3) is 3.28. The number of thioether (sulfide) groups is 1. The second kappa shape index (κ2) is 4.29. The van der Waals surface area contributed by atoms with Gasteiger partial charge in [-0.3, -0.25) is 0 Å². The maximum Gasteiger partial charge on any atom is 0.228 e. The third-order valence-corrected chi connectivity index (χ3v) is 2.57. The van der Waals surface area contributed by atoms with E-state index < -0.39 is 0 Å². The van der Waals surface area contributed by atoms with Gasteiger partial charge in [0.15, 0.2) is 5.16 Å². The average molecular weight is 235 g/mol. The van der Waals surface area contributed by atoms with Gasteiger partial charge in [-0.2, -0.15) is 15.0 Å². The zero-order chi connectivity index (χ0) is 10.8. The number of anilines is 1. The van der Waals surface area contributed by atoms with Crippen molar-refractivity contribution in [3.63, 3.8) is 0 Å². The van der Waals surface area contributed by atoms with Crippen molar-refractivity contribution in [2.45, 2.75) is 23.8 Å². The highest BCUT2D eigenvalue weighted by molar-refractivity contribution is 8.00. The van der Waals surface area contributed by atoms with Crippen LogP contribution in [-0.4, -0.2) is 31.4 Å². The maximum atomic E-state index is 9.04. The lowest BCUT2D eigenvalue weighted by molar-refractivity contribution is 0.264. The van der Waals surface area contributed by atoms with Crippen LogP contribution in [0.3, 0.4) is 0 Å². The molecule has 1 heterocycles. The van der Waals surface area contributed by atoms with E-state index in [-0.39, 0.29) is 22.6 Å². The van der Waals surface area contributed by atoms with E-state index >= 15 is 0 Å². The summed E-state index contributed by atoms with van der Waals surface area (Å²) < 4.78 is -0.364. The SMILES string of the molecule is CC(C)(CO)Sc1nc(N)nc(Cl)n1. The summed E-state index contributed by atoms with van der Waals surface area (Å²) in [5.41, 5.74) is 5.40. The summed E-state index contributed by atoms with van der Waals surface area (Å²) >= 11 is 6.90. The summed E-state index contributed by atoms with van der Waals surface area (Å²) in [7, 11) is 0. The molecule has 0 spiro atoms. The first-order chi connectivity index (χ1) is 6.43. The lowest BCUT2D eigenvalue weighted by atomic mass is 10.2. The summed E-state index contributed by atoms with van der Waals surface area (Å²) in [6.07, 6.45) is 0. The lowest BCUT2D eigenvalue weighted by Gasteiger charge is -2.19. The zero-order valence-electron chi connectivity index (χ0n) is 7.86. The number of nitrogens with two attached hydrogens (primary N) is 1. The van der Waals surface area contributed by atoms with Crippen molar-refractivity contribution in [1.29, 1.82) is 0 Å². The molecule has 0 fully saturated rings. The number of nitrogen functional groups attached to an aromatic ring is 1. The molecule has 0 atom stereocenters. The Bertz CT molecular complexity index is 313. The van der Waals surface area contributed by atoms with Gasteiger partial charge in [-0.05, 0) is 25.4 Å². The molecule has 0 unspecified atom stereocenters. The molecule has 1 aromatic rings. The van der Waals surface area contributed by atoms with Crippen LogP contribution in [-0.2, 0) is 0 Å². The molecular weight excluding hydrogens is 224 g/mol. The molecule has 0 saturated carbocycles. The predicted molar refractivity (Wildman–Crippen MR) is 56.3 cm³/mol. The summed E-state index contributed by atoms with van der Waals surface area (Å²) in [4.78, 5) is 11.4. The van der Waals surface area contributed by atoms with E-state index in [0.717, 1.165) is 0 Å². The standard InChI is InChI=1S/C7H11ClN4OS/c1-7(2,3-13)14-6-11-4(8)10-5(9)12-6/h13H,3H2,1-2H3,(H2,9,10,11,12). The molecule has 1 rings (SSSR count). The summed E-state index contributed by atoms with van der Waals surface area (Å²) in [5.74, 6) is 0.0845. The molecule has 7 heteroatoms. The molecule has 78 valence electrons. The van der Waals surface area contributed by atoms with E-state index in [0.29, 0.717) is 5.16 Å². The van der Waals surface area contributed by atoms with Crippen molar-refractivity contribution in [2.75, 3.05) is 12.3 Å². The summed E-state index contributed by atoms with van der Waals surface area (Å²) in [6, 6.07) is 0. The summed E-state index contributed by atoms with van der Waals surface area (Å²) in [5, 5.41) is 9.52. The largest absolute Gasteiger partial charge is 0.395 e. The highest BCUT2D eigenvalue weighted by Crippen LogP contribution is 2.29. The Morgan fingerprint density at radius 2 is 2.07 bits per heavy atom. The minimum Gasteiger partial charge on any atom is -0.395 e. The Labute approximate surface area is 91.1 Å². The molecule has 0 aliphatic rings. The van der Waals surface area contributed by atoms with Gasteiger partial charge >= 0.3 is 0 Å². The van der Waals surface area contributed by atoms with Crippen LogP contribution in [0.5, 0.6) is 0 Å². The normalized spacial score (nSPS) is 11.7. The van der Waals surface area contributed by atoms with Gasteiger partial charge in [0.2, 0.25) is 11.2 Å². The van der Waals surface area contributed by atoms with E-state index in [1.807, 2.05) is 13.8 Å². The molecule has 3 N–H and O–H groups in total. The van der Waals surface area contributed by atoms with Gasteiger partial charge in [0.1, 0.15) is 0 Å². The van der Waals surface area contributed by atoms with Crippen LogP contribution in [0.15, 0.2) is 5.16 Å². The first-order valence-corrected chi connectivity index (χ1v) is 5.09. The van der Waals surface area contributed by atoms with Gasteiger partial charge in [0, 0.05) is 4.75 Å². The second-order valence-corrected chi connectivity index (χ2v) is 5.28. The molecule has 0 amide bonds. The number of rotatable bonds is 3. The monoisotopic (exact) mass is 234 g/mol. The highest BCUT2D eigenvalue weighted by Gasteiger charge is 2.20. The second-order valence-electron chi connectivity index (χ2n) is 3.27. The van der Waals surface area contributed by atoms with Crippen LogP contribution < -0.4 is 5.73 Å². The van der Waals surface area contributed by atoms with Crippen LogP contribution in [0.25, 0.3) is 0 Å². The van der Waals surface area contributed by atoms with Crippen molar-refractivity contribution in [1.82, 2.24) is 15.0 Å². The van der Waals surface area contributed by atoms with Gasteiger partial charge in [-0.1, -0.05) is 11.8 Å². The number of nitrogens with zero attached hydrogens (tertiary/aromatic N) is 3. The zero-order valence-corrected chi connectivity index (χ0v) is 9.43. The molecule has 0 aromatic carbocycles. The lowest BCUT2D eigenvalue weighted by Crippen LogP contribution is -2.20. The fraction of sp³-hybridized carbons (Fsp3) is 0.571. The molecule has 0 bridgehead atoms. The van der Waals surface area contributed by atoms with Gasteiger partial charge < -0.3 is 10.8 Å². The van der Waals surface area contributed by atoms with Crippen LogP contribution in [0.1, 0.15) is 13.8 Å².